The van der Waals surface area contributed by atoms with Crippen molar-refractivity contribution in [1.82, 2.24) is 9.55 Å². The van der Waals surface area contributed by atoms with Crippen LogP contribution in [0.5, 0.6) is 0 Å². The van der Waals surface area contributed by atoms with E-state index in [0.717, 1.165) is 22.4 Å². The Hall–Kier alpha value is -1.07. The average molecular weight is 301 g/mol. The summed E-state index contributed by atoms with van der Waals surface area (Å²) in [5.41, 5.74) is 2.90. The van der Waals surface area contributed by atoms with E-state index in [1.165, 1.54) is 6.26 Å². The Morgan fingerprint density at radius 2 is 2.11 bits per heavy atom. The molecule has 19 heavy (non-hydrogen) atoms. The van der Waals surface area contributed by atoms with Gasteiger partial charge in [-0.3, -0.25) is 0 Å². The van der Waals surface area contributed by atoms with E-state index in [2.05, 4.69) is 4.98 Å². The average Bonchev–Trinajstić information content (AvgIpc) is 2.65. The molecule has 1 unspecified atom stereocenters. The number of aromatic nitrogens is 2. The Bertz CT molecular complexity index is 705. The van der Waals surface area contributed by atoms with Crippen LogP contribution in [-0.4, -0.2) is 30.0 Å². The number of sulfone groups is 1. The number of imidazole rings is 1. The Morgan fingerprint density at radius 1 is 1.42 bits per heavy atom. The molecule has 0 saturated heterocycles. The van der Waals surface area contributed by atoms with Crippen LogP contribution in [0.1, 0.15) is 23.7 Å². The Balaban J connectivity index is 2.58. The predicted molar refractivity (Wildman–Crippen MR) is 78.4 cm³/mol. The van der Waals surface area contributed by atoms with Crippen LogP contribution in [-0.2, 0) is 16.4 Å². The van der Waals surface area contributed by atoms with Crippen molar-refractivity contribution in [3.8, 4) is 0 Å². The Kier molecular flexibility index (Phi) is 3.87. The fourth-order valence-electron chi connectivity index (χ4n) is 2.17. The van der Waals surface area contributed by atoms with Crippen LogP contribution in [0, 0.1) is 6.92 Å². The summed E-state index contributed by atoms with van der Waals surface area (Å²) in [6, 6.07) is 5.85. The molecule has 1 heterocycles. The van der Waals surface area contributed by atoms with Crippen molar-refractivity contribution in [3.05, 3.63) is 29.6 Å². The maximum Gasteiger partial charge on any atom is 0.149 e. The molecule has 0 spiro atoms. The zero-order valence-electron chi connectivity index (χ0n) is 11.2. The number of nitrogens with zero attached hydrogens (tertiary/aromatic N) is 2. The van der Waals surface area contributed by atoms with E-state index in [-0.39, 0.29) is 11.1 Å². The van der Waals surface area contributed by atoms with Gasteiger partial charge in [0.15, 0.2) is 0 Å². The second kappa shape index (κ2) is 5.13. The first kappa shape index (κ1) is 14.3. The van der Waals surface area contributed by atoms with Crippen molar-refractivity contribution in [1.29, 1.82) is 0 Å². The fraction of sp³-hybridized carbons (Fsp3) is 0.462. The maximum absolute atomic E-state index is 11.4. The third kappa shape index (κ3) is 3.09. The molecule has 2 aromatic rings. The minimum absolute atomic E-state index is 0.0867. The molecular weight excluding hydrogens is 284 g/mol. The van der Waals surface area contributed by atoms with Gasteiger partial charge in [0.05, 0.1) is 22.2 Å². The van der Waals surface area contributed by atoms with Gasteiger partial charge in [-0.15, -0.1) is 11.6 Å². The molecule has 104 valence electrons. The van der Waals surface area contributed by atoms with Crippen molar-refractivity contribution in [3.63, 3.8) is 0 Å². The fourth-order valence-corrected chi connectivity index (χ4v) is 2.85. The number of halogens is 1. The lowest BCUT2D eigenvalue weighted by Gasteiger charge is -2.11. The summed E-state index contributed by atoms with van der Waals surface area (Å²) in [6.45, 7) is 4.21. The molecule has 0 saturated carbocycles. The number of rotatable bonds is 4. The maximum atomic E-state index is 11.4. The van der Waals surface area contributed by atoms with E-state index in [0.29, 0.717) is 6.54 Å². The number of fused-ring (bicyclic) bond motifs is 1. The lowest BCUT2D eigenvalue weighted by atomic mass is 10.2. The van der Waals surface area contributed by atoms with Gasteiger partial charge in [0.1, 0.15) is 15.7 Å². The third-order valence-electron chi connectivity index (χ3n) is 3.04. The van der Waals surface area contributed by atoms with Gasteiger partial charge in [0.2, 0.25) is 0 Å². The van der Waals surface area contributed by atoms with Crippen molar-refractivity contribution < 1.29 is 8.42 Å². The second-order valence-electron chi connectivity index (χ2n) is 4.81. The summed E-state index contributed by atoms with van der Waals surface area (Å²) < 4.78 is 24.6. The van der Waals surface area contributed by atoms with E-state index in [1.807, 2.05) is 36.6 Å². The molecule has 0 fully saturated rings. The highest BCUT2D eigenvalue weighted by Crippen LogP contribution is 2.26. The molecular formula is C13H17ClN2O2S. The standard InChI is InChI=1S/C13H17ClN2O2S/c1-9-5-4-6-11-12(9)16(7-8-19(3,17)18)13(15-11)10(2)14/h4-6,10H,7-8H2,1-3H3. The van der Waals surface area contributed by atoms with Crippen LogP contribution in [0.4, 0.5) is 0 Å². The van der Waals surface area contributed by atoms with Crippen LogP contribution in [0.15, 0.2) is 18.2 Å². The van der Waals surface area contributed by atoms with Crippen molar-refractivity contribution in [2.75, 3.05) is 12.0 Å². The normalized spacial score (nSPS) is 13.9. The number of benzene rings is 1. The molecule has 0 N–H and O–H groups in total. The molecule has 1 aromatic heterocycles. The summed E-state index contributed by atoms with van der Waals surface area (Å²) >= 11 is 6.15. The molecule has 4 nitrogen and oxygen atoms in total. The van der Waals surface area contributed by atoms with Gasteiger partial charge in [-0.05, 0) is 25.5 Å². The number of para-hydroxylation sites is 1. The molecule has 0 amide bonds. The quantitative estimate of drug-likeness (QED) is 0.816. The van der Waals surface area contributed by atoms with Gasteiger partial charge >= 0.3 is 0 Å². The van der Waals surface area contributed by atoms with E-state index >= 15 is 0 Å². The van der Waals surface area contributed by atoms with E-state index in [4.69, 9.17) is 11.6 Å². The Morgan fingerprint density at radius 3 is 2.68 bits per heavy atom. The summed E-state index contributed by atoms with van der Waals surface area (Å²) in [5, 5.41) is -0.258. The number of hydrogen-bond donors (Lipinski definition) is 0. The van der Waals surface area contributed by atoms with Crippen LogP contribution in [0.25, 0.3) is 11.0 Å². The first-order valence-corrected chi connectivity index (χ1v) is 8.57. The molecule has 1 aromatic carbocycles. The summed E-state index contributed by atoms with van der Waals surface area (Å²) in [5.74, 6) is 0.804. The van der Waals surface area contributed by atoms with E-state index < -0.39 is 9.84 Å². The lowest BCUT2D eigenvalue weighted by Crippen LogP contribution is -2.14. The van der Waals surface area contributed by atoms with Crippen molar-refractivity contribution >= 4 is 32.5 Å². The van der Waals surface area contributed by atoms with Crippen LogP contribution >= 0.6 is 11.6 Å². The summed E-state index contributed by atoms with van der Waals surface area (Å²) in [6.07, 6.45) is 1.24. The second-order valence-corrected chi connectivity index (χ2v) is 7.72. The van der Waals surface area contributed by atoms with Gasteiger partial charge in [-0.1, -0.05) is 12.1 Å². The molecule has 0 aliphatic carbocycles. The molecule has 0 aliphatic heterocycles. The number of hydrogen-bond acceptors (Lipinski definition) is 3. The van der Waals surface area contributed by atoms with Crippen molar-refractivity contribution in [2.45, 2.75) is 25.8 Å². The SMILES string of the molecule is Cc1cccc2nc(C(C)Cl)n(CCS(C)(=O)=O)c12. The number of alkyl halides is 1. The molecule has 6 heteroatoms. The minimum Gasteiger partial charge on any atom is -0.325 e. The molecule has 0 bridgehead atoms. The monoisotopic (exact) mass is 300 g/mol. The molecule has 0 radical (unpaired) electrons. The van der Waals surface area contributed by atoms with Gasteiger partial charge < -0.3 is 4.57 Å². The highest BCUT2D eigenvalue weighted by atomic mass is 35.5. The largest absolute Gasteiger partial charge is 0.325 e. The minimum atomic E-state index is -3.02. The van der Waals surface area contributed by atoms with Crippen LogP contribution < -0.4 is 0 Å². The summed E-state index contributed by atoms with van der Waals surface area (Å²) in [7, 11) is -3.02. The number of aryl methyl sites for hydroxylation is 2. The lowest BCUT2D eigenvalue weighted by molar-refractivity contribution is 0.593. The first-order chi connectivity index (χ1) is 8.79. The zero-order valence-corrected chi connectivity index (χ0v) is 12.8. The highest BCUT2D eigenvalue weighted by Gasteiger charge is 2.17. The van der Waals surface area contributed by atoms with Gasteiger partial charge in [0.25, 0.3) is 0 Å². The highest BCUT2D eigenvalue weighted by molar-refractivity contribution is 7.90. The zero-order chi connectivity index (χ0) is 14.2. The molecule has 0 aliphatic rings. The van der Waals surface area contributed by atoms with Crippen molar-refractivity contribution in [2.24, 2.45) is 0 Å². The Labute approximate surface area is 118 Å². The molecule has 2 rings (SSSR count). The smallest absolute Gasteiger partial charge is 0.149 e. The first-order valence-electron chi connectivity index (χ1n) is 6.07. The van der Waals surface area contributed by atoms with Crippen LogP contribution in [0.2, 0.25) is 0 Å². The van der Waals surface area contributed by atoms with E-state index in [9.17, 15) is 8.42 Å². The third-order valence-corrected chi connectivity index (χ3v) is 4.16. The van der Waals surface area contributed by atoms with Gasteiger partial charge in [0, 0.05) is 12.8 Å². The predicted octanol–water partition coefficient (Wildman–Crippen LogP) is 2.69. The van der Waals surface area contributed by atoms with Gasteiger partial charge in [-0.25, -0.2) is 13.4 Å². The van der Waals surface area contributed by atoms with E-state index in [1.54, 1.807) is 0 Å². The topological polar surface area (TPSA) is 52.0 Å². The van der Waals surface area contributed by atoms with Crippen LogP contribution in [0.3, 0.4) is 0 Å². The van der Waals surface area contributed by atoms with Gasteiger partial charge in [-0.2, -0.15) is 0 Å². The summed E-state index contributed by atoms with van der Waals surface area (Å²) in [4.78, 5) is 4.51. The molecule has 1 atom stereocenters.